The molecule has 0 saturated carbocycles. The van der Waals surface area contributed by atoms with Crippen LogP contribution in [0.2, 0.25) is 5.02 Å². The van der Waals surface area contributed by atoms with Gasteiger partial charge in [-0.25, -0.2) is 13.8 Å². The van der Waals surface area contributed by atoms with Crippen LogP contribution in [0, 0.1) is 0 Å². The Kier molecular flexibility index (Phi) is 3.80. The van der Waals surface area contributed by atoms with Crippen LogP contribution < -0.4 is 4.74 Å². The first-order valence-electron chi connectivity index (χ1n) is 6.32. The van der Waals surface area contributed by atoms with Gasteiger partial charge in [0.15, 0.2) is 0 Å². The van der Waals surface area contributed by atoms with Crippen molar-refractivity contribution in [2.24, 2.45) is 0 Å². The van der Waals surface area contributed by atoms with Crippen LogP contribution >= 0.6 is 27.5 Å². The van der Waals surface area contributed by atoms with E-state index in [1.165, 1.54) is 7.11 Å². The molecule has 1 aromatic heterocycles. The van der Waals surface area contributed by atoms with Crippen molar-refractivity contribution in [1.82, 2.24) is 9.88 Å². The molecule has 3 nitrogen and oxygen atoms in total. The van der Waals surface area contributed by atoms with E-state index in [1.54, 1.807) is 4.90 Å². The molecule has 3 rings (SSSR count). The van der Waals surface area contributed by atoms with Crippen molar-refractivity contribution >= 4 is 38.4 Å². The minimum atomic E-state index is -2.61. The molecule has 112 valence electrons. The Morgan fingerprint density at radius 1 is 1.43 bits per heavy atom. The Bertz CT molecular complexity index is 703. The lowest BCUT2D eigenvalue weighted by Crippen LogP contribution is -2.55. The topological polar surface area (TPSA) is 25.4 Å². The highest BCUT2D eigenvalue weighted by atomic mass is 79.9. The van der Waals surface area contributed by atoms with Gasteiger partial charge in [0.25, 0.3) is 5.92 Å². The number of halogens is 4. The van der Waals surface area contributed by atoms with Gasteiger partial charge >= 0.3 is 0 Å². The molecule has 2 heterocycles. The lowest BCUT2D eigenvalue weighted by molar-refractivity contribution is -0.134. The fourth-order valence-corrected chi connectivity index (χ4v) is 3.50. The fourth-order valence-electron chi connectivity index (χ4n) is 2.49. The van der Waals surface area contributed by atoms with Crippen molar-refractivity contribution in [2.45, 2.75) is 12.5 Å². The molecule has 1 fully saturated rings. The summed E-state index contributed by atoms with van der Waals surface area (Å²) >= 11 is 9.91. The van der Waals surface area contributed by atoms with Crippen LogP contribution in [0.15, 0.2) is 22.7 Å². The molecule has 0 spiro atoms. The molecule has 1 aliphatic rings. The largest absolute Gasteiger partial charge is 0.481 e. The number of methoxy groups -OCH3 is 1. The number of benzene rings is 1. The van der Waals surface area contributed by atoms with Gasteiger partial charge in [-0.15, -0.1) is 0 Å². The van der Waals surface area contributed by atoms with Gasteiger partial charge < -0.3 is 4.74 Å². The Hall–Kier alpha value is -0.980. The van der Waals surface area contributed by atoms with Gasteiger partial charge in [0, 0.05) is 22.0 Å². The van der Waals surface area contributed by atoms with Gasteiger partial charge in [-0.1, -0.05) is 33.6 Å². The first-order chi connectivity index (χ1) is 9.91. The van der Waals surface area contributed by atoms with E-state index < -0.39 is 5.92 Å². The lowest BCUT2D eigenvalue weighted by Gasteiger charge is -2.38. The summed E-state index contributed by atoms with van der Waals surface area (Å²) in [5.74, 6) is -2.23. The average Bonchev–Trinajstić information content (AvgIpc) is 2.39. The third kappa shape index (κ3) is 2.72. The highest BCUT2D eigenvalue weighted by molar-refractivity contribution is 9.10. The molecular weight excluding hydrogens is 366 g/mol. The molecule has 1 aliphatic heterocycles. The number of likely N-dealkylation sites (tertiary alicyclic amines) is 1. The van der Waals surface area contributed by atoms with E-state index in [4.69, 9.17) is 16.3 Å². The average molecular weight is 378 g/mol. The van der Waals surface area contributed by atoms with Gasteiger partial charge in [-0.2, -0.15) is 0 Å². The molecule has 0 aliphatic carbocycles. The van der Waals surface area contributed by atoms with Crippen molar-refractivity contribution in [3.05, 3.63) is 33.3 Å². The summed E-state index contributed by atoms with van der Waals surface area (Å²) in [4.78, 5) is 6.03. The van der Waals surface area contributed by atoms with Crippen LogP contribution in [0.1, 0.15) is 5.56 Å². The third-order valence-electron chi connectivity index (χ3n) is 3.44. The molecule has 0 N–H and O–H groups in total. The monoisotopic (exact) mass is 376 g/mol. The first-order valence-corrected chi connectivity index (χ1v) is 7.49. The van der Waals surface area contributed by atoms with Gasteiger partial charge in [0.2, 0.25) is 5.88 Å². The second-order valence-electron chi connectivity index (χ2n) is 5.05. The summed E-state index contributed by atoms with van der Waals surface area (Å²) in [5.41, 5.74) is 1.33. The van der Waals surface area contributed by atoms with E-state index in [0.717, 1.165) is 9.86 Å². The SMILES string of the molecule is COc1nc2cccc(Br)c2c(Cl)c1CN1CC(F)(F)C1. The Balaban J connectivity index is 2.04. The minimum Gasteiger partial charge on any atom is -0.481 e. The Morgan fingerprint density at radius 3 is 2.76 bits per heavy atom. The molecule has 0 unspecified atom stereocenters. The number of hydrogen-bond acceptors (Lipinski definition) is 3. The molecule has 0 radical (unpaired) electrons. The standard InChI is InChI=1S/C14H12BrClF2N2O/c1-21-13-8(5-20-6-14(17,18)7-20)12(16)11-9(15)3-2-4-10(11)19-13/h2-4H,5-7H2,1H3. The van der Waals surface area contributed by atoms with Gasteiger partial charge in [0.05, 0.1) is 30.7 Å². The molecular formula is C14H12BrClF2N2O. The van der Waals surface area contributed by atoms with Crippen LogP contribution in [-0.2, 0) is 6.54 Å². The van der Waals surface area contributed by atoms with Crippen LogP contribution in [0.4, 0.5) is 8.78 Å². The van der Waals surface area contributed by atoms with Gasteiger partial charge in [-0.3, -0.25) is 4.90 Å². The number of ether oxygens (including phenoxy) is 1. The smallest absolute Gasteiger partial charge is 0.272 e. The number of hydrogen-bond donors (Lipinski definition) is 0. The zero-order chi connectivity index (χ0) is 15.2. The highest BCUT2D eigenvalue weighted by Gasteiger charge is 2.44. The minimum absolute atomic E-state index is 0.263. The van der Waals surface area contributed by atoms with Crippen molar-refractivity contribution in [3.63, 3.8) is 0 Å². The quantitative estimate of drug-likeness (QED) is 0.805. The van der Waals surface area contributed by atoms with E-state index in [-0.39, 0.29) is 13.1 Å². The molecule has 7 heteroatoms. The Labute approximate surface area is 134 Å². The Morgan fingerprint density at radius 2 is 2.14 bits per heavy atom. The maximum atomic E-state index is 13.0. The van der Waals surface area contributed by atoms with Crippen molar-refractivity contribution in [2.75, 3.05) is 20.2 Å². The van der Waals surface area contributed by atoms with E-state index in [2.05, 4.69) is 20.9 Å². The summed E-state index contributed by atoms with van der Waals surface area (Å²) in [6.45, 7) is -0.233. The first kappa shape index (κ1) is 14.9. The maximum absolute atomic E-state index is 13.0. The van der Waals surface area contributed by atoms with Crippen LogP contribution in [0.3, 0.4) is 0 Å². The van der Waals surface area contributed by atoms with Crippen molar-refractivity contribution in [1.29, 1.82) is 0 Å². The van der Waals surface area contributed by atoms with Crippen LogP contribution in [0.25, 0.3) is 10.9 Å². The highest BCUT2D eigenvalue weighted by Crippen LogP contribution is 2.38. The number of nitrogens with zero attached hydrogens (tertiary/aromatic N) is 2. The summed E-state index contributed by atoms with van der Waals surface area (Å²) < 4.78 is 32.0. The predicted octanol–water partition coefficient (Wildman–Crippen LogP) is 4.11. The summed E-state index contributed by atoms with van der Waals surface area (Å²) in [6.07, 6.45) is 0. The summed E-state index contributed by atoms with van der Waals surface area (Å²) in [7, 11) is 1.50. The van der Waals surface area contributed by atoms with E-state index in [1.807, 2.05) is 18.2 Å². The third-order valence-corrected chi connectivity index (χ3v) is 4.52. The second-order valence-corrected chi connectivity index (χ2v) is 6.28. The summed E-state index contributed by atoms with van der Waals surface area (Å²) in [5, 5.41) is 1.25. The molecule has 0 bridgehead atoms. The second kappa shape index (κ2) is 5.34. The van der Waals surface area contributed by atoms with E-state index in [0.29, 0.717) is 28.5 Å². The number of fused-ring (bicyclic) bond motifs is 1. The maximum Gasteiger partial charge on any atom is 0.272 e. The van der Waals surface area contributed by atoms with E-state index in [9.17, 15) is 8.78 Å². The van der Waals surface area contributed by atoms with Gasteiger partial charge in [0.1, 0.15) is 0 Å². The van der Waals surface area contributed by atoms with Crippen molar-refractivity contribution < 1.29 is 13.5 Å². The zero-order valence-electron chi connectivity index (χ0n) is 11.2. The lowest BCUT2D eigenvalue weighted by atomic mass is 10.1. The molecule has 0 atom stereocenters. The number of rotatable bonds is 3. The number of alkyl halides is 2. The molecule has 1 aromatic carbocycles. The van der Waals surface area contributed by atoms with Gasteiger partial charge in [-0.05, 0) is 12.1 Å². The normalized spacial score (nSPS) is 17.8. The van der Waals surface area contributed by atoms with Crippen molar-refractivity contribution in [3.8, 4) is 5.88 Å². The number of pyridine rings is 1. The van der Waals surface area contributed by atoms with E-state index >= 15 is 0 Å². The molecule has 0 amide bonds. The predicted molar refractivity (Wildman–Crippen MR) is 81.2 cm³/mol. The number of aromatic nitrogens is 1. The summed E-state index contributed by atoms with van der Waals surface area (Å²) in [6, 6.07) is 5.55. The zero-order valence-corrected chi connectivity index (χ0v) is 13.5. The fraction of sp³-hybridized carbons (Fsp3) is 0.357. The molecule has 21 heavy (non-hydrogen) atoms. The molecule has 2 aromatic rings. The molecule has 1 saturated heterocycles. The van der Waals surface area contributed by atoms with Crippen LogP contribution in [-0.4, -0.2) is 36.0 Å². The van der Waals surface area contributed by atoms with Crippen LogP contribution in [0.5, 0.6) is 5.88 Å².